The SMILES string of the molecule is CCCCC1(CCCC)CCC(CC(C)C)=N1. The minimum absolute atomic E-state index is 0.343. The molecule has 0 fully saturated rings. The molecule has 0 aromatic heterocycles. The third-order valence-corrected chi connectivity index (χ3v) is 3.91. The molecule has 17 heavy (non-hydrogen) atoms. The van der Waals surface area contributed by atoms with Crippen LogP contribution >= 0.6 is 0 Å². The summed E-state index contributed by atoms with van der Waals surface area (Å²) in [6, 6.07) is 0. The van der Waals surface area contributed by atoms with E-state index in [0.717, 1.165) is 5.92 Å². The largest absolute Gasteiger partial charge is 0.287 e. The van der Waals surface area contributed by atoms with Crippen LogP contribution in [0.15, 0.2) is 4.99 Å². The Morgan fingerprint density at radius 2 is 1.71 bits per heavy atom. The maximum atomic E-state index is 5.15. The molecule has 1 rings (SSSR count). The summed E-state index contributed by atoms with van der Waals surface area (Å²) in [5.74, 6) is 0.766. The normalized spacial score (nSPS) is 18.8. The van der Waals surface area contributed by atoms with Crippen LogP contribution in [0.3, 0.4) is 0 Å². The Balaban J connectivity index is 2.61. The Labute approximate surface area is 108 Å². The Morgan fingerprint density at radius 3 is 2.18 bits per heavy atom. The molecule has 0 bridgehead atoms. The summed E-state index contributed by atoms with van der Waals surface area (Å²) in [7, 11) is 0. The van der Waals surface area contributed by atoms with Crippen molar-refractivity contribution in [3.8, 4) is 0 Å². The molecule has 0 amide bonds. The molecule has 0 aromatic carbocycles. The van der Waals surface area contributed by atoms with Crippen molar-refractivity contribution in [2.75, 3.05) is 0 Å². The molecule has 0 saturated heterocycles. The van der Waals surface area contributed by atoms with E-state index < -0.39 is 0 Å². The smallest absolute Gasteiger partial charge is 0.0611 e. The van der Waals surface area contributed by atoms with Gasteiger partial charge >= 0.3 is 0 Å². The van der Waals surface area contributed by atoms with E-state index in [0.29, 0.717) is 5.54 Å². The molecule has 0 aliphatic carbocycles. The quantitative estimate of drug-likeness (QED) is 0.537. The van der Waals surface area contributed by atoms with Crippen molar-refractivity contribution in [3.05, 3.63) is 0 Å². The van der Waals surface area contributed by atoms with Crippen LogP contribution in [0, 0.1) is 5.92 Å². The average molecular weight is 237 g/mol. The summed E-state index contributed by atoms with van der Waals surface area (Å²) in [6.45, 7) is 9.20. The van der Waals surface area contributed by atoms with Crippen molar-refractivity contribution in [2.24, 2.45) is 10.9 Å². The highest BCUT2D eigenvalue weighted by atomic mass is 14.9. The van der Waals surface area contributed by atoms with Gasteiger partial charge in [-0.2, -0.15) is 0 Å². The van der Waals surface area contributed by atoms with Gasteiger partial charge < -0.3 is 0 Å². The van der Waals surface area contributed by atoms with Crippen molar-refractivity contribution in [1.82, 2.24) is 0 Å². The monoisotopic (exact) mass is 237 g/mol. The number of nitrogens with zero attached hydrogens (tertiary/aromatic N) is 1. The Morgan fingerprint density at radius 1 is 1.12 bits per heavy atom. The van der Waals surface area contributed by atoms with Gasteiger partial charge in [-0.25, -0.2) is 0 Å². The van der Waals surface area contributed by atoms with Crippen LogP contribution in [0.1, 0.15) is 85.5 Å². The highest BCUT2D eigenvalue weighted by Gasteiger charge is 2.33. The van der Waals surface area contributed by atoms with Crippen LogP contribution in [0.2, 0.25) is 0 Å². The molecule has 0 atom stereocenters. The fourth-order valence-electron chi connectivity index (χ4n) is 2.94. The predicted molar refractivity (Wildman–Crippen MR) is 77.9 cm³/mol. The first-order valence-corrected chi connectivity index (χ1v) is 7.69. The van der Waals surface area contributed by atoms with E-state index in [1.165, 1.54) is 63.5 Å². The first-order chi connectivity index (χ1) is 8.12. The van der Waals surface area contributed by atoms with E-state index in [1.807, 2.05) is 0 Å². The van der Waals surface area contributed by atoms with E-state index in [2.05, 4.69) is 27.7 Å². The molecule has 0 N–H and O–H groups in total. The van der Waals surface area contributed by atoms with Crippen LogP contribution in [0.5, 0.6) is 0 Å². The highest BCUT2D eigenvalue weighted by molar-refractivity contribution is 5.86. The number of hydrogen-bond donors (Lipinski definition) is 0. The van der Waals surface area contributed by atoms with Crippen molar-refractivity contribution >= 4 is 5.71 Å². The minimum atomic E-state index is 0.343. The third kappa shape index (κ3) is 4.81. The highest BCUT2D eigenvalue weighted by Crippen LogP contribution is 2.37. The van der Waals surface area contributed by atoms with Crippen molar-refractivity contribution in [1.29, 1.82) is 0 Å². The molecular formula is C16H31N. The molecule has 1 heteroatoms. The van der Waals surface area contributed by atoms with Gasteiger partial charge in [-0.15, -0.1) is 0 Å². The molecule has 1 nitrogen and oxygen atoms in total. The van der Waals surface area contributed by atoms with Crippen molar-refractivity contribution in [2.45, 2.75) is 91.0 Å². The van der Waals surface area contributed by atoms with E-state index in [-0.39, 0.29) is 0 Å². The first-order valence-electron chi connectivity index (χ1n) is 7.69. The summed E-state index contributed by atoms with van der Waals surface area (Å²) < 4.78 is 0. The number of rotatable bonds is 8. The van der Waals surface area contributed by atoms with Crippen LogP contribution in [0.4, 0.5) is 0 Å². The van der Waals surface area contributed by atoms with Crippen molar-refractivity contribution < 1.29 is 0 Å². The maximum absolute atomic E-state index is 5.15. The van der Waals surface area contributed by atoms with Crippen LogP contribution in [-0.2, 0) is 0 Å². The van der Waals surface area contributed by atoms with E-state index in [4.69, 9.17) is 4.99 Å². The summed E-state index contributed by atoms with van der Waals surface area (Å²) in [4.78, 5) is 5.15. The lowest BCUT2D eigenvalue weighted by Gasteiger charge is -2.26. The molecule has 0 saturated carbocycles. The van der Waals surface area contributed by atoms with Gasteiger partial charge in [0.05, 0.1) is 5.54 Å². The van der Waals surface area contributed by atoms with Crippen LogP contribution < -0.4 is 0 Å². The zero-order valence-corrected chi connectivity index (χ0v) is 12.4. The van der Waals surface area contributed by atoms with E-state index in [9.17, 15) is 0 Å². The fourth-order valence-corrected chi connectivity index (χ4v) is 2.94. The van der Waals surface area contributed by atoms with Gasteiger partial charge in [-0.3, -0.25) is 4.99 Å². The maximum Gasteiger partial charge on any atom is 0.0611 e. The number of hydrogen-bond acceptors (Lipinski definition) is 1. The molecule has 0 unspecified atom stereocenters. The third-order valence-electron chi connectivity index (χ3n) is 3.91. The Bertz CT molecular complexity index is 232. The minimum Gasteiger partial charge on any atom is -0.287 e. The van der Waals surface area contributed by atoms with Crippen LogP contribution in [-0.4, -0.2) is 11.3 Å². The molecule has 0 aromatic rings. The zero-order chi connectivity index (χ0) is 12.7. The Hall–Kier alpha value is -0.330. The van der Waals surface area contributed by atoms with Gasteiger partial charge in [0, 0.05) is 5.71 Å². The van der Waals surface area contributed by atoms with Gasteiger partial charge in [0.25, 0.3) is 0 Å². The van der Waals surface area contributed by atoms with E-state index >= 15 is 0 Å². The van der Waals surface area contributed by atoms with Gasteiger partial charge in [0.1, 0.15) is 0 Å². The van der Waals surface area contributed by atoms with E-state index in [1.54, 1.807) is 0 Å². The number of unbranched alkanes of at least 4 members (excludes halogenated alkanes) is 2. The predicted octanol–water partition coefficient (Wildman–Crippen LogP) is 5.39. The second-order valence-electron chi connectivity index (χ2n) is 6.21. The second kappa shape index (κ2) is 7.18. The molecule has 1 aliphatic rings. The van der Waals surface area contributed by atoms with Gasteiger partial charge in [-0.1, -0.05) is 53.4 Å². The van der Waals surface area contributed by atoms with Crippen LogP contribution in [0.25, 0.3) is 0 Å². The summed E-state index contributed by atoms with van der Waals surface area (Å²) in [5, 5.41) is 0. The second-order valence-corrected chi connectivity index (χ2v) is 6.21. The lowest BCUT2D eigenvalue weighted by molar-refractivity contribution is 0.346. The lowest BCUT2D eigenvalue weighted by Crippen LogP contribution is -2.23. The molecule has 1 heterocycles. The summed E-state index contributed by atoms with van der Waals surface area (Å²) >= 11 is 0. The summed E-state index contributed by atoms with van der Waals surface area (Å²) in [6.07, 6.45) is 11.8. The molecular weight excluding hydrogens is 206 g/mol. The van der Waals surface area contributed by atoms with Gasteiger partial charge in [0.15, 0.2) is 0 Å². The van der Waals surface area contributed by atoms with Gasteiger partial charge in [-0.05, 0) is 38.0 Å². The molecule has 0 radical (unpaired) electrons. The standard InChI is InChI=1S/C16H31N/c1-5-7-10-16(11-8-6-2)12-9-15(17-16)13-14(3)4/h14H,5-13H2,1-4H3. The molecule has 1 aliphatic heterocycles. The molecule has 0 spiro atoms. The van der Waals surface area contributed by atoms with Crippen molar-refractivity contribution in [3.63, 3.8) is 0 Å². The summed E-state index contributed by atoms with van der Waals surface area (Å²) in [5.41, 5.74) is 1.85. The molecule has 100 valence electrons. The average Bonchev–Trinajstić information content (AvgIpc) is 2.67. The topological polar surface area (TPSA) is 12.4 Å². The fraction of sp³-hybridized carbons (Fsp3) is 0.938. The first kappa shape index (κ1) is 14.7. The Kier molecular flexibility index (Phi) is 6.22. The lowest BCUT2D eigenvalue weighted by atomic mass is 9.85. The zero-order valence-electron chi connectivity index (χ0n) is 12.4. The van der Waals surface area contributed by atoms with Gasteiger partial charge in [0.2, 0.25) is 0 Å². The number of aliphatic imine (C=N–C) groups is 1.